The molecule has 5 nitrogen and oxygen atoms in total. The molecular formula is C15H21N5. The van der Waals surface area contributed by atoms with Crippen LogP contribution in [0.15, 0.2) is 37.1 Å². The zero-order valence-corrected chi connectivity index (χ0v) is 11.9. The lowest BCUT2D eigenvalue weighted by Gasteiger charge is -2.22. The third-order valence-corrected chi connectivity index (χ3v) is 4.11. The quantitative estimate of drug-likeness (QED) is 0.914. The molecule has 2 N–H and O–H groups in total. The Balaban J connectivity index is 1.65. The molecule has 1 atom stereocenters. The number of pyridine rings is 1. The molecule has 0 bridgehead atoms. The van der Waals surface area contributed by atoms with Crippen LogP contribution in [0, 0.1) is 5.41 Å². The Morgan fingerprint density at radius 2 is 2.30 bits per heavy atom. The summed E-state index contributed by atoms with van der Waals surface area (Å²) < 4.78 is 1.91. The first-order valence-corrected chi connectivity index (χ1v) is 7.04. The van der Waals surface area contributed by atoms with E-state index in [0.29, 0.717) is 0 Å². The van der Waals surface area contributed by atoms with Crippen LogP contribution in [0.5, 0.6) is 0 Å². The average molecular weight is 271 g/mol. The Kier molecular flexibility index (Phi) is 3.54. The van der Waals surface area contributed by atoms with E-state index >= 15 is 0 Å². The van der Waals surface area contributed by atoms with Crippen molar-refractivity contribution in [1.29, 1.82) is 0 Å². The summed E-state index contributed by atoms with van der Waals surface area (Å²) in [4.78, 5) is 11.0. The van der Waals surface area contributed by atoms with Crippen LogP contribution >= 0.6 is 0 Å². The van der Waals surface area contributed by atoms with Crippen molar-refractivity contribution in [1.82, 2.24) is 19.4 Å². The minimum Gasteiger partial charge on any atom is -0.330 e. The summed E-state index contributed by atoms with van der Waals surface area (Å²) in [6, 6.07) is 4.18. The predicted octanol–water partition coefficient (Wildman–Crippen LogP) is 1.44. The fourth-order valence-corrected chi connectivity index (χ4v) is 2.74. The maximum atomic E-state index is 5.85. The zero-order valence-electron chi connectivity index (χ0n) is 11.9. The van der Waals surface area contributed by atoms with E-state index in [2.05, 4.69) is 27.9 Å². The summed E-state index contributed by atoms with van der Waals surface area (Å²) in [5.41, 5.74) is 7.38. The highest BCUT2D eigenvalue weighted by Gasteiger charge is 2.32. The van der Waals surface area contributed by atoms with Crippen molar-refractivity contribution in [3.63, 3.8) is 0 Å². The lowest BCUT2D eigenvalue weighted by Crippen LogP contribution is -2.31. The molecule has 1 aliphatic heterocycles. The first kappa shape index (κ1) is 13.3. The Hall–Kier alpha value is -1.72. The SMILES string of the molecule is CC1(CN)CCN(Cc2ccc(-n3ccnc3)nc2)C1. The van der Waals surface area contributed by atoms with E-state index in [1.54, 1.807) is 12.5 Å². The summed E-state index contributed by atoms with van der Waals surface area (Å²) in [7, 11) is 0. The Morgan fingerprint density at radius 3 is 2.90 bits per heavy atom. The van der Waals surface area contributed by atoms with Crippen LogP contribution in [0.25, 0.3) is 5.82 Å². The number of hydrogen-bond donors (Lipinski definition) is 1. The molecule has 3 rings (SSSR count). The number of likely N-dealkylation sites (tertiary alicyclic amines) is 1. The average Bonchev–Trinajstić information content (AvgIpc) is 3.11. The molecule has 1 saturated heterocycles. The maximum absolute atomic E-state index is 5.85. The number of nitrogens with zero attached hydrogens (tertiary/aromatic N) is 4. The largest absolute Gasteiger partial charge is 0.330 e. The lowest BCUT2D eigenvalue weighted by atomic mass is 9.90. The van der Waals surface area contributed by atoms with E-state index in [9.17, 15) is 0 Å². The molecule has 0 aliphatic carbocycles. The van der Waals surface area contributed by atoms with Gasteiger partial charge in [0.1, 0.15) is 12.1 Å². The molecule has 0 amide bonds. The van der Waals surface area contributed by atoms with E-state index in [1.807, 2.05) is 23.0 Å². The van der Waals surface area contributed by atoms with Crippen molar-refractivity contribution in [2.75, 3.05) is 19.6 Å². The second-order valence-electron chi connectivity index (χ2n) is 5.97. The summed E-state index contributed by atoms with van der Waals surface area (Å²) in [5.74, 6) is 0.902. The van der Waals surface area contributed by atoms with E-state index in [1.165, 1.54) is 12.0 Å². The molecule has 1 aliphatic rings. The molecular weight excluding hydrogens is 250 g/mol. The van der Waals surface area contributed by atoms with Gasteiger partial charge in [0.05, 0.1) is 0 Å². The topological polar surface area (TPSA) is 60.0 Å². The van der Waals surface area contributed by atoms with Crippen LogP contribution in [0.2, 0.25) is 0 Å². The van der Waals surface area contributed by atoms with E-state index < -0.39 is 0 Å². The summed E-state index contributed by atoms with van der Waals surface area (Å²) in [5, 5.41) is 0. The van der Waals surface area contributed by atoms with Gasteiger partial charge in [0.25, 0.3) is 0 Å². The molecule has 0 saturated carbocycles. The monoisotopic (exact) mass is 271 g/mol. The first-order valence-electron chi connectivity index (χ1n) is 7.04. The van der Waals surface area contributed by atoms with Gasteiger partial charge in [0.15, 0.2) is 0 Å². The van der Waals surface area contributed by atoms with Gasteiger partial charge in [-0.15, -0.1) is 0 Å². The molecule has 5 heteroatoms. The normalized spacial score (nSPS) is 23.3. The molecule has 0 spiro atoms. The molecule has 0 radical (unpaired) electrons. The van der Waals surface area contributed by atoms with Gasteiger partial charge in [-0.25, -0.2) is 9.97 Å². The van der Waals surface area contributed by atoms with E-state index in [4.69, 9.17) is 5.73 Å². The van der Waals surface area contributed by atoms with Crippen molar-refractivity contribution < 1.29 is 0 Å². The minimum absolute atomic E-state index is 0.282. The number of nitrogens with two attached hydrogens (primary N) is 1. The molecule has 0 aromatic carbocycles. The molecule has 3 heterocycles. The van der Waals surface area contributed by atoms with Gasteiger partial charge in [-0.1, -0.05) is 13.0 Å². The van der Waals surface area contributed by atoms with Crippen molar-refractivity contribution in [2.24, 2.45) is 11.1 Å². The van der Waals surface area contributed by atoms with Crippen molar-refractivity contribution in [3.8, 4) is 5.82 Å². The second-order valence-corrected chi connectivity index (χ2v) is 5.97. The fourth-order valence-electron chi connectivity index (χ4n) is 2.74. The van der Waals surface area contributed by atoms with Gasteiger partial charge in [-0.2, -0.15) is 0 Å². The second kappa shape index (κ2) is 5.34. The standard InChI is InChI=1S/C15H21N5/c1-15(10-16)4-6-19(11-15)9-13-2-3-14(18-8-13)20-7-5-17-12-20/h2-3,5,7-8,12H,4,6,9-11,16H2,1H3. The highest BCUT2D eigenvalue weighted by molar-refractivity contribution is 5.25. The molecule has 1 fully saturated rings. The number of hydrogen-bond acceptors (Lipinski definition) is 4. The Labute approximate surface area is 119 Å². The van der Waals surface area contributed by atoms with E-state index in [0.717, 1.165) is 32.0 Å². The molecule has 20 heavy (non-hydrogen) atoms. The zero-order chi connectivity index (χ0) is 14.0. The third-order valence-electron chi connectivity index (χ3n) is 4.11. The van der Waals surface area contributed by atoms with Crippen LogP contribution in [0.1, 0.15) is 18.9 Å². The maximum Gasteiger partial charge on any atom is 0.137 e. The Bertz CT molecular complexity index is 548. The highest BCUT2D eigenvalue weighted by Crippen LogP contribution is 2.29. The molecule has 2 aromatic rings. The summed E-state index contributed by atoms with van der Waals surface area (Å²) >= 11 is 0. The molecule has 2 aromatic heterocycles. The number of rotatable bonds is 4. The predicted molar refractivity (Wildman–Crippen MR) is 78.4 cm³/mol. The molecule has 1 unspecified atom stereocenters. The van der Waals surface area contributed by atoms with Crippen LogP contribution in [0.4, 0.5) is 0 Å². The van der Waals surface area contributed by atoms with Crippen molar-refractivity contribution >= 4 is 0 Å². The van der Waals surface area contributed by atoms with Gasteiger partial charge in [-0.05, 0) is 36.6 Å². The van der Waals surface area contributed by atoms with Crippen LogP contribution in [-0.2, 0) is 6.54 Å². The third kappa shape index (κ3) is 2.73. The van der Waals surface area contributed by atoms with Crippen LogP contribution < -0.4 is 5.73 Å². The molecule has 106 valence electrons. The lowest BCUT2D eigenvalue weighted by molar-refractivity contribution is 0.274. The van der Waals surface area contributed by atoms with Crippen molar-refractivity contribution in [3.05, 3.63) is 42.6 Å². The van der Waals surface area contributed by atoms with Gasteiger partial charge in [0, 0.05) is 31.7 Å². The van der Waals surface area contributed by atoms with E-state index in [-0.39, 0.29) is 5.41 Å². The summed E-state index contributed by atoms with van der Waals surface area (Å²) in [6.45, 7) is 6.19. The summed E-state index contributed by atoms with van der Waals surface area (Å²) in [6.07, 6.45) is 8.55. The van der Waals surface area contributed by atoms with Gasteiger partial charge in [-0.3, -0.25) is 9.47 Å². The first-order chi connectivity index (χ1) is 9.68. The van der Waals surface area contributed by atoms with Crippen molar-refractivity contribution in [2.45, 2.75) is 19.9 Å². The van der Waals surface area contributed by atoms with Crippen LogP contribution in [-0.4, -0.2) is 39.1 Å². The fraction of sp³-hybridized carbons (Fsp3) is 0.467. The smallest absolute Gasteiger partial charge is 0.137 e. The number of imidazole rings is 1. The van der Waals surface area contributed by atoms with Gasteiger partial charge < -0.3 is 5.73 Å². The van der Waals surface area contributed by atoms with Crippen LogP contribution in [0.3, 0.4) is 0 Å². The van der Waals surface area contributed by atoms with Gasteiger partial charge >= 0.3 is 0 Å². The highest BCUT2D eigenvalue weighted by atomic mass is 15.2. The minimum atomic E-state index is 0.282. The Morgan fingerprint density at radius 1 is 1.40 bits per heavy atom. The number of aromatic nitrogens is 3. The van der Waals surface area contributed by atoms with Gasteiger partial charge in [0.2, 0.25) is 0 Å².